The summed E-state index contributed by atoms with van der Waals surface area (Å²) in [6, 6.07) is 17.1. The average molecular weight is 351 g/mol. The quantitative estimate of drug-likeness (QED) is 0.894. The third kappa shape index (κ3) is 4.63. The minimum atomic E-state index is -0.213. The number of nitrogens with one attached hydrogen (secondary N) is 1. The molecular weight excluding hydrogens is 326 g/mol. The minimum absolute atomic E-state index is 0.00672. The SMILES string of the molecule is CC(=O)N(CC(=O)Nc1ccc(N2CCCCC2)cc1)c1ccccc1. The molecule has 0 aliphatic carbocycles. The van der Waals surface area contributed by atoms with Gasteiger partial charge in [0.05, 0.1) is 0 Å². The zero-order valence-corrected chi connectivity index (χ0v) is 15.1. The number of para-hydroxylation sites is 1. The summed E-state index contributed by atoms with van der Waals surface area (Å²) in [5.41, 5.74) is 2.65. The summed E-state index contributed by atoms with van der Waals surface area (Å²) in [7, 11) is 0. The van der Waals surface area contributed by atoms with Crippen molar-refractivity contribution in [2.75, 3.05) is 34.8 Å². The van der Waals surface area contributed by atoms with Crippen LogP contribution in [-0.4, -0.2) is 31.4 Å². The van der Waals surface area contributed by atoms with Crippen LogP contribution in [0.15, 0.2) is 54.6 Å². The number of carbonyl (C=O) groups excluding carboxylic acids is 2. The molecule has 2 aromatic carbocycles. The molecule has 1 saturated heterocycles. The van der Waals surface area contributed by atoms with E-state index in [1.807, 2.05) is 54.6 Å². The van der Waals surface area contributed by atoms with Crippen LogP contribution in [0.3, 0.4) is 0 Å². The highest BCUT2D eigenvalue weighted by molar-refractivity contribution is 6.01. The maximum atomic E-state index is 12.4. The summed E-state index contributed by atoms with van der Waals surface area (Å²) in [4.78, 5) is 28.1. The van der Waals surface area contributed by atoms with Crippen molar-refractivity contribution in [3.05, 3.63) is 54.6 Å². The van der Waals surface area contributed by atoms with Crippen LogP contribution < -0.4 is 15.1 Å². The van der Waals surface area contributed by atoms with Crippen molar-refractivity contribution in [3.63, 3.8) is 0 Å². The lowest BCUT2D eigenvalue weighted by atomic mass is 10.1. The van der Waals surface area contributed by atoms with Crippen molar-refractivity contribution in [2.45, 2.75) is 26.2 Å². The van der Waals surface area contributed by atoms with Crippen LogP contribution in [0.4, 0.5) is 17.1 Å². The van der Waals surface area contributed by atoms with Crippen LogP contribution in [0.25, 0.3) is 0 Å². The number of hydrogen-bond donors (Lipinski definition) is 1. The number of hydrogen-bond acceptors (Lipinski definition) is 3. The van der Waals surface area contributed by atoms with Gasteiger partial charge in [0.15, 0.2) is 0 Å². The molecule has 5 nitrogen and oxygen atoms in total. The highest BCUT2D eigenvalue weighted by Gasteiger charge is 2.16. The van der Waals surface area contributed by atoms with Crippen LogP contribution in [0.2, 0.25) is 0 Å². The van der Waals surface area contributed by atoms with Crippen LogP contribution in [0.5, 0.6) is 0 Å². The molecule has 1 heterocycles. The van der Waals surface area contributed by atoms with Gasteiger partial charge in [-0.2, -0.15) is 0 Å². The summed E-state index contributed by atoms with van der Waals surface area (Å²) < 4.78 is 0. The number of rotatable bonds is 5. The number of anilines is 3. The third-order valence-electron chi connectivity index (χ3n) is 4.62. The van der Waals surface area contributed by atoms with E-state index in [1.165, 1.54) is 36.8 Å². The van der Waals surface area contributed by atoms with E-state index in [1.54, 1.807) is 0 Å². The van der Waals surface area contributed by atoms with Crippen molar-refractivity contribution in [3.8, 4) is 0 Å². The lowest BCUT2D eigenvalue weighted by molar-refractivity contribution is -0.120. The largest absolute Gasteiger partial charge is 0.372 e. The van der Waals surface area contributed by atoms with E-state index >= 15 is 0 Å². The second kappa shape index (κ2) is 8.52. The molecule has 1 N–H and O–H groups in total. The maximum Gasteiger partial charge on any atom is 0.244 e. The molecule has 0 bridgehead atoms. The predicted octanol–water partition coefficient (Wildman–Crippen LogP) is 3.67. The normalized spacial score (nSPS) is 14.0. The summed E-state index contributed by atoms with van der Waals surface area (Å²) in [5.74, 6) is -0.374. The third-order valence-corrected chi connectivity index (χ3v) is 4.62. The Bertz CT molecular complexity index is 738. The van der Waals surface area contributed by atoms with Crippen LogP contribution in [0, 0.1) is 0 Å². The van der Waals surface area contributed by atoms with Gasteiger partial charge in [-0.15, -0.1) is 0 Å². The molecule has 136 valence electrons. The first-order valence-corrected chi connectivity index (χ1v) is 9.11. The molecular formula is C21H25N3O2. The Morgan fingerprint density at radius 2 is 1.62 bits per heavy atom. The van der Waals surface area contributed by atoms with Gasteiger partial charge in [0.25, 0.3) is 0 Å². The first-order chi connectivity index (χ1) is 12.6. The van der Waals surface area contributed by atoms with Gasteiger partial charge in [-0.05, 0) is 55.7 Å². The molecule has 1 aliphatic heterocycles. The molecule has 2 amide bonds. The summed E-state index contributed by atoms with van der Waals surface area (Å²) in [6.07, 6.45) is 3.77. The van der Waals surface area contributed by atoms with Crippen molar-refractivity contribution >= 4 is 28.9 Å². The Morgan fingerprint density at radius 1 is 0.962 bits per heavy atom. The fraction of sp³-hybridized carbons (Fsp3) is 0.333. The van der Waals surface area contributed by atoms with E-state index < -0.39 is 0 Å². The fourth-order valence-electron chi connectivity index (χ4n) is 3.24. The van der Waals surface area contributed by atoms with Gasteiger partial charge in [-0.3, -0.25) is 9.59 Å². The van der Waals surface area contributed by atoms with Crippen molar-refractivity contribution < 1.29 is 9.59 Å². The van der Waals surface area contributed by atoms with E-state index in [-0.39, 0.29) is 18.4 Å². The molecule has 0 atom stereocenters. The predicted molar refractivity (Wildman–Crippen MR) is 106 cm³/mol. The van der Waals surface area contributed by atoms with Crippen molar-refractivity contribution in [2.24, 2.45) is 0 Å². The molecule has 0 spiro atoms. The lowest BCUT2D eigenvalue weighted by Gasteiger charge is -2.28. The van der Waals surface area contributed by atoms with Gasteiger partial charge in [0.1, 0.15) is 6.54 Å². The first kappa shape index (κ1) is 18.0. The molecule has 0 saturated carbocycles. The molecule has 5 heteroatoms. The summed E-state index contributed by atoms with van der Waals surface area (Å²) in [5, 5.41) is 2.88. The molecule has 0 unspecified atom stereocenters. The zero-order chi connectivity index (χ0) is 18.4. The number of carbonyl (C=O) groups is 2. The van der Waals surface area contributed by atoms with Gasteiger partial charge >= 0.3 is 0 Å². The molecule has 0 radical (unpaired) electrons. The fourth-order valence-corrected chi connectivity index (χ4v) is 3.24. The number of benzene rings is 2. The van der Waals surface area contributed by atoms with E-state index in [4.69, 9.17) is 0 Å². The van der Waals surface area contributed by atoms with Gasteiger partial charge < -0.3 is 15.1 Å². The number of nitrogens with zero attached hydrogens (tertiary/aromatic N) is 2. The minimum Gasteiger partial charge on any atom is -0.372 e. The summed E-state index contributed by atoms with van der Waals surface area (Å²) in [6.45, 7) is 3.65. The van der Waals surface area contributed by atoms with Gasteiger partial charge in [-0.1, -0.05) is 18.2 Å². The molecule has 2 aromatic rings. The highest BCUT2D eigenvalue weighted by atomic mass is 16.2. The van der Waals surface area contributed by atoms with Crippen LogP contribution in [0.1, 0.15) is 26.2 Å². The van der Waals surface area contributed by atoms with Crippen molar-refractivity contribution in [1.82, 2.24) is 0 Å². The highest BCUT2D eigenvalue weighted by Crippen LogP contribution is 2.22. The second-order valence-corrected chi connectivity index (χ2v) is 6.58. The standard InChI is InChI=1S/C21H25N3O2/c1-17(25)24(20-8-4-2-5-9-20)16-21(26)22-18-10-12-19(13-11-18)23-14-6-3-7-15-23/h2,4-5,8-13H,3,6-7,14-16H2,1H3,(H,22,26). The van der Waals surface area contributed by atoms with Gasteiger partial charge in [0, 0.05) is 37.1 Å². The first-order valence-electron chi connectivity index (χ1n) is 9.11. The zero-order valence-electron chi connectivity index (χ0n) is 15.1. The van der Waals surface area contributed by atoms with Crippen molar-refractivity contribution in [1.29, 1.82) is 0 Å². The Kier molecular flexibility index (Phi) is 5.89. The monoisotopic (exact) mass is 351 g/mol. The Balaban J connectivity index is 1.61. The molecule has 0 aromatic heterocycles. The molecule has 1 aliphatic rings. The number of amides is 2. The van der Waals surface area contributed by atoms with E-state index in [2.05, 4.69) is 10.2 Å². The Hall–Kier alpha value is -2.82. The number of piperidine rings is 1. The van der Waals surface area contributed by atoms with E-state index in [0.29, 0.717) is 0 Å². The Morgan fingerprint density at radius 3 is 2.23 bits per heavy atom. The topological polar surface area (TPSA) is 52.7 Å². The molecule has 3 rings (SSSR count). The van der Waals surface area contributed by atoms with Crippen LogP contribution >= 0.6 is 0 Å². The summed E-state index contributed by atoms with van der Waals surface area (Å²) >= 11 is 0. The lowest BCUT2D eigenvalue weighted by Crippen LogP contribution is -2.36. The van der Waals surface area contributed by atoms with Gasteiger partial charge in [0.2, 0.25) is 11.8 Å². The maximum absolute atomic E-state index is 12.4. The van der Waals surface area contributed by atoms with E-state index in [9.17, 15) is 9.59 Å². The van der Waals surface area contributed by atoms with Gasteiger partial charge in [-0.25, -0.2) is 0 Å². The second-order valence-electron chi connectivity index (χ2n) is 6.58. The Labute approximate surface area is 154 Å². The average Bonchev–Trinajstić information content (AvgIpc) is 2.68. The van der Waals surface area contributed by atoms with E-state index in [0.717, 1.165) is 24.5 Å². The molecule has 26 heavy (non-hydrogen) atoms. The molecule has 1 fully saturated rings. The van der Waals surface area contributed by atoms with Crippen LogP contribution in [-0.2, 0) is 9.59 Å². The smallest absolute Gasteiger partial charge is 0.244 e.